The van der Waals surface area contributed by atoms with Gasteiger partial charge in [-0.15, -0.1) is 0 Å². The Balaban J connectivity index is 2.03. The molecule has 2 rings (SSSR count). The highest BCUT2D eigenvalue weighted by atomic mass is 16.2. The van der Waals surface area contributed by atoms with Crippen LogP contribution in [-0.4, -0.2) is 23.4 Å². The minimum absolute atomic E-state index is 0.0375. The van der Waals surface area contributed by atoms with Crippen LogP contribution in [0.25, 0.3) is 0 Å². The maximum absolute atomic E-state index is 12.5. The molecule has 1 aromatic rings. The van der Waals surface area contributed by atoms with Crippen LogP contribution in [0.4, 0.5) is 0 Å². The van der Waals surface area contributed by atoms with Gasteiger partial charge in [0.1, 0.15) is 0 Å². The van der Waals surface area contributed by atoms with E-state index in [1.807, 2.05) is 6.92 Å². The Morgan fingerprint density at radius 2 is 1.90 bits per heavy atom. The highest BCUT2D eigenvalue weighted by molar-refractivity contribution is 5.79. The Hall–Kier alpha value is -1.35. The van der Waals surface area contributed by atoms with Crippen molar-refractivity contribution >= 4 is 5.91 Å². The van der Waals surface area contributed by atoms with Gasteiger partial charge in [0.05, 0.1) is 0 Å². The van der Waals surface area contributed by atoms with Gasteiger partial charge in [-0.1, -0.05) is 38.1 Å². The van der Waals surface area contributed by atoms with Gasteiger partial charge in [-0.25, -0.2) is 0 Å². The third kappa shape index (κ3) is 3.83. The fourth-order valence-electron chi connectivity index (χ4n) is 2.51. The largest absolute Gasteiger partial charge is 0.335 e. The van der Waals surface area contributed by atoms with E-state index in [2.05, 4.69) is 36.1 Å². The van der Waals surface area contributed by atoms with Crippen molar-refractivity contribution in [2.24, 2.45) is 11.7 Å². The topological polar surface area (TPSA) is 46.3 Å². The van der Waals surface area contributed by atoms with Crippen molar-refractivity contribution in [3.63, 3.8) is 0 Å². The Morgan fingerprint density at radius 1 is 1.30 bits per heavy atom. The van der Waals surface area contributed by atoms with E-state index in [0.717, 1.165) is 32.2 Å². The molecule has 0 bridgehead atoms. The predicted molar refractivity (Wildman–Crippen MR) is 82.2 cm³/mol. The molecule has 1 aliphatic rings. The highest BCUT2D eigenvalue weighted by Crippen LogP contribution is 2.30. The van der Waals surface area contributed by atoms with E-state index >= 15 is 0 Å². The number of nitrogens with zero attached hydrogens (tertiary/aromatic N) is 1. The number of aryl methyl sites for hydroxylation is 1. The molecular weight excluding hydrogens is 248 g/mol. The summed E-state index contributed by atoms with van der Waals surface area (Å²) in [5, 5.41) is 0. The molecule has 1 unspecified atom stereocenters. The van der Waals surface area contributed by atoms with Crippen LogP contribution < -0.4 is 5.73 Å². The number of rotatable bonds is 7. The van der Waals surface area contributed by atoms with Gasteiger partial charge in [0.2, 0.25) is 5.91 Å². The molecule has 2 N–H and O–H groups in total. The van der Waals surface area contributed by atoms with E-state index in [0.29, 0.717) is 12.6 Å². The molecule has 0 aromatic heterocycles. The number of hydrogen-bond donors (Lipinski definition) is 1. The second kappa shape index (κ2) is 6.89. The second-order valence-electron chi connectivity index (χ2n) is 5.85. The van der Waals surface area contributed by atoms with Gasteiger partial charge < -0.3 is 10.6 Å². The summed E-state index contributed by atoms with van der Waals surface area (Å²) in [6.07, 6.45) is 4.12. The maximum atomic E-state index is 12.5. The van der Waals surface area contributed by atoms with Gasteiger partial charge in [0.25, 0.3) is 0 Å². The zero-order chi connectivity index (χ0) is 14.5. The molecule has 110 valence electrons. The SMILES string of the molecule is CCc1ccc(CN(C(=O)C(C)CCN)C2CC2)cc1. The van der Waals surface area contributed by atoms with Gasteiger partial charge >= 0.3 is 0 Å². The van der Waals surface area contributed by atoms with Crippen LogP contribution in [0.15, 0.2) is 24.3 Å². The van der Waals surface area contributed by atoms with Crippen molar-refractivity contribution in [2.75, 3.05) is 6.54 Å². The molecule has 1 aliphatic carbocycles. The molecule has 0 radical (unpaired) electrons. The fraction of sp³-hybridized carbons (Fsp3) is 0.588. The molecule has 0 saturated heterocycles. The summed E-state index contributed by atoms with van der Waals surface area (Å²) in [7, 11) is 0. The summed E-state index contributed by atoms with van der Waals surface area (Å²) in [6, 6.07) is 9.07. The van der Waals surface area contributed by atoms with Crippen molar-refractivity contribution in [2.45, 2.75) is 52.1 Å². The summed E-state index contributed by atoms with van der Waals surface area (Å²) < 4.78 is 0. The number of benzene rings is 1. The Labute approximate surface area is 122 Å². The zero-order valence-electron chi connectivity index (χ0n) is 12.6. The third-order valence-corrected chi connectivity index (χ3v) is 4.08. The highest BCUT2D eigenvalue weighted by Gasteiger charge is 2.34. The fourth-order valence-corrected chi connectivity index (χ4v) is 2.51. The van der Waals surface area contributed by atoms with Crippen LogP contribution >= 0.6 is 0 Å². The number of nitrogens with two attached hydrogens (primary N) is 1. The summed E-state index contributed by atoms with van der Waals surface area (Å²) >= 11 is 0. The molecule has 20 heavy (non-hydrogen) atoms. The van der Waals surface area contributed by atoms with Gasteiger partial charge in [0.15, 0.2) is 0 Å². The maximum Gasteiger partial charge on any atom is 0.225 e. The van der Waals surface area contributed by atoms with E-state index < -0.39 is 0 Å². The average molecular weight is 274 g/mol. The first-order valence-electron chi connectivity index (χ1n) is 7.74. The minimum Gasteiger partial charge on any atom is -0.335 e. The minimum atomic E-state index is 0.0375. The van der Waals surface area contributed by atoms with Crippen LogP contribution in [0.1, 0.15) is 44.2 Å². The van der Waals surface area contributed by atoms with Crippen LogP contribution in [0.5, 0.6) is 0 Å². The van der Waals surface area contributed by atoms with E-state index in [-0.39, 0.29) is 11.8 Å². The first kappa shape index (κ1) is 15.0. The van der Waals surface area contributed by atoms with Gasteiger partial charge in [-0.05, 0) is 43.4 Å². The monoisotopic (exact) mass is 274 g/mol. The van der Waals surface area contributed by atoms with Crippen molar-refractivity contribution in [3.05, 3.63) is 35.4 Å². The molecule has 1 amide bonds. The van der Waals surface area contributed by atoms with Crippen molar-refractivity contribution in [1.29, 1.82) is 0 Å². The average Bonchev–Trinajstić information content (AvgIpc) is 3.29. The third-order valence-electron chi connectivity index (χ3n) is 4.08. The molecule has 0 spiro atoms. The standard InChI is InChI=1S/C17H26N2O/c1-3-14-4-6-15(7-5-14)12-19(16-8-9-16)17(20)13(2)10-11-18/h4-7,13,16H,3,8-12,18H2,1-2H3. The second-order valence-corrected chi connectivity index (χ2v) is 5.85. The Kier molecular flexibility index (Phi) is 5.18. The van der Waals surface area contributed by atoms with E-state index in [1.54, 1.807) is 0 Å². The van der Waals surface area contributed by atoms with Crippen LogP contribution in [-0.2, 0) is 17.8 Å². The normalized spacial score (nSPS) is 15.9. The summed E-state index contributed by atoms with van der Waals surface area (Å²) in [4.78, 5) is 14.6. The van der Waals surface area contributed by atoms with E-state index in [4.69, 9.17) is 5.73 Å². The molecule has 1 fully saturated rings. The van der Waals surface area contributed by atoms with E-state index in [9.17, 15) is 4.79 Å². The number of carbonyl (C=O) groups is 1. The zero-order valence-corrected chi connectivity index (χ0v) is 12.6. The number of hydrogen-bond acceptors (Lipinski definition) is 2. The molecule has 0 aliphatic heterocycles. The van der Waals surface area contributed by atoms with Gasteiger partial charge in [-0.3, -0.25) is 4.79 Å². The lowest BCUT2D eigenvalue weighted by molar-refractivity contribution is -0.136. The quantitative estimate of drug-likeness (QED) is 0.831. The first-order valence-corrected chi connectivity index (χ1v) is 7.74. The molecule has 3 heteroatoms. The molecule has 1 atom stereocenters. The van der Waals surface area contributed by atoms with Crippen molar-refractivity contribution in [3.8, 4) is 0 Å². The molecule has 0 heterocycles. The molecule has 1 aromatic carbocycles. The van der Waals surface area contributed by atoms with Crippen LogP contribution in [0.3, 0.4) is 0 Å². The van der Waals surface area contributed by atoms with Gasteiger partial charge in [-0.2, -0.15) is 0 Å². The number of carbonyl (C=O) groups excluding carboxylic acids is 1. The Morgan fingerprint density at radius 3 is 2.40 bits per heavy atom. The predicted octanol–water partition coefficient (Wildman–Crippen LogP) is 2.72. The smallest absolute Gasteiger partial charge is 0.225 e. The first-order chi connectivity index (χ1) is 9.65. The van der Waals surface area contributed by atoms with Gasteiger partial charge in [0, 0.05) is 18.5 Å². The summed E-state index contributed by atoms with van der Waals surface area (Å²) in [5.74, 6) is 0.299. The molecular formula is C17H26N2O. The van der Waals surface area contributed by atoms with Crippen LogP contribution in [0, 0.1) is 5.92 Å². The molecule has 3 nitrogen and oxygen atoms in total. The van der Waals surface area contributed by atoms with Crippen LogP contribution in [0.2, 0.25) is 0 Å². The summed E-state index contributed by atoms with van der Waals surface area (Å²) in [5.41, 5.74) is 8.14. The lowest BCUT2D eigenvalue weighted by Crippen LogP contribution is -2.37. The number of amides is 1. The van der Waals surface area contributed by atoms with Crippen molar-refractivity contribution in [1.82, 2.24) is 4.90 Å². The summed E-state index contributed by atoms with van der Waals surface area (Å²) in [6.45, 7) is 5.47. The van der Waals surface area contributed by atoms with Crippen molar-refractivity contribution < 1.29 is 4.79 Å². The lowest BCUT2D eigenvalue weighted by Gasteiger charge is -2.26. The molecule has 1 saturated carbocycles. The van der Waals surface area contributed by atoms with E-state index in [1.165, 1.54) is 11.1 Å². The lowest BCUT2D eigenvalue weighted by atomic mass is 10.0. The Bertz CT molecular complexity index is 437.